The maximum atomic E-state index is 13.3. The number of nitrogens with one attached hydrogen (secondary N) is 1. The molecule has 0 aliphatic heterocycles. The lowest BCUT2D eigenvalue weighted by molar-refractivity contribution is 0.163. The summed E-state index contributed by atoms with van der Waals surface area (Å²) in [5, 5.41) is 12.0. The Balaban J connectivity index is 2.37. The van der Waals surface area contributed by atoms with Gasteiger partial charge in [0, 0.05) is 20.1 Å². The number of aliphatic hydroxyl groups excluding tert-OH is 1. The highest BCUT2D eigenvalue weighted by Gasteiger charge is 2.09. The molecule has 0 heterocycles. The molecule has 1 atom stereocenters. The summed E-state index contributed by atoms with van der Waals surface area (Å²) in [7, 11) is 3.10. The van der Waals surface area contributed by atoms with Crippen LogP contribution in [0.2, 0.25) is 0 Å². The standard InChI is InChI=1S/C15H23FN2O3/c1-11(19)7-9-18(2)15(20)17-8-6-12-4-5-13(16)14(10-12)21-3/h4-5,10-11,19H,6-9H2,1-3H3,(H,17,20). The van der Waals surface area contributed by atoms with E-state index in [4.69, 9.17) is 4.74 Å². The van der Waals surface area contributed by atoms with E-state index in [0.717, 1.165) is 5.56 Å². The number of hydrogen-bond acceptors (Lipinski definition) is 3. The molecule has 0 saturated heterocycles. The Morgan fingerprint density at radius 1 is 1.52 bits per heavy atom. The fraction of sp³-hybridized carbons (Fsp3) is 0.533. The van der Waals surface area contributed by atoms with Crippen LogP contribution in [0, 0.1) is 5.82 Å². The van der Waals surface area contributed by atoms with E-state index in [1.165, 1.54) is 18.1 Å². The molecular weight excluding hydrogens is 275 g/mol. The number of halogens is 1. The lowest BCUT2D eigenvalue weighted by Gasteiger charge is -2.18. The second-order valence-electron chi connectivity index (χ2n) is 5.01. The SMILES string of the molecule is COc1cc(CCNC(=O)N(C)CCC(C)O)ccc1F. The van der Waals surface area contributed by atoms with Gasteiger partial charge in [0.05, 0.1) is 13.2 Å². The molecule has 2 N–H and O–H groups in total. The van der Waals surface area contributed by atoms with E-state index in [2.05, 4.69) is 5.32 Å². The van der Waals surface area contributed by atoms with Crippen molar-refractivity contribution in [2.45, 2.75) is 25.9 Å². The van der Waals surface area contributed by atoms with Gasteiger partial charge in [-0.15, -0.1) is 0 Å². The van der Waals surface area contributed by atoms with Gasteiger partial charge in [0.25, 0.3) is 0 Å². The number of amides is 2. The van der Waals surface area contributed by atoms with Crippen LogP contribution in [0.5, 0.6) is 5.75 Å². The highest BCUT2D eigenvalue weighted by molar-refractivity contribution is 5.73. The zero-order chi connectivity index (χ0) is 15.8. The van der Waals surface area contributed by atoms with E-state index < -0.39 is 11.9 Å². The second kappa shape index (κ2) is 8.46. The number of benzene rings is 1. The molecule has 0 fully saturated rings. The van der Waals surface area contributed by atoms with Crippen molar-refractivity contribution < 1.29 is 19.0 Å². The first-order valence-electron chi connectivity index (χ1n) is 6.93. The summed E-state index contributed by atoms with van der Waals surface area (Å²) in [6.07, 6.45) is 0.707. The summed E-state index contributed by atoms with van der Waals surface area (Å²) in [4.78, 5) is 13.3. The maximum Gasteiger partial charge on any atom is 0.317 e. The Bertz CT molecular complexity index is 466. The van der Waals surface area contributed by atoms with Gasteiger partial charge in [0.2, 0.25) is 0 Å². The Morgan fingerprint density at radius 3 is 2.86 bits per heavy atom. The van der Waals surface area contributed by atoms with Gasteiger partial charge in [0.15, 0.2) is 11.6 Å². The summed E-state index contributed by atoms with van der Waals surface area (Å²) >= 11 is 0. The number of hydrogen-bond donors (Lipinski definition) is 2. The number of carbonyl (C=O) groups excluding carboxylic acids is 1. The Morgan fingerprint density at radius 2 is 2.24 bits per heavy atom. The number of carbonyl (C=O) groups is 1. The first-order chi connectivity index (χ1) is 9.93. The van der Waals surface area contributed by atoms with Gasteiger partial charge >= 0.3 is 6.03 Å². The molecule has 1 unspecified atom stereocenters. The summed E-state index contributed by atoms with van der Waals surface area (Å²) < 4.78 is 18.2. The summed E-state index contributed by atoms with van der Waals surface area (Å²) in [6.45, 7) is 2.63. The van der Waals surface area contributed by atoms with E-state index >= 15 is 0 Å². The van der Waals surface area contributed by atoms with Crippen molar-refractivity contribution in [3.63, 3.8) is 0 Å². The third-order valence-corrected chi connectivity index (χ3v) is 3.13. The van der Waals surface area contributed by atoms with Gasteiger partial charge in [-0.3, -0.25) is 0 Å². The van der Waals surface area contributed by atoms with E-state index in [1.54, 1.807) is 26.1 Å². The minimum absolute atomic E-state index is 0.190. The van der Waals surface area contributed by atoms with Crippen molar-refractivity contribution in [1.82, 2.24) is 10.2 Å². The number of rotatable bonds is 7. The number of methoxy groups -OCH3 is 1. The third kappa shape index (κ3) is 5.99. The van der Waals surface area contributed by atoms with Crippen molar-refractivity contribution in [3.8, 4) is 5.75 Å². The first kappa shape index (κ1) is 17.2. The van der Waals surface area contributed by atoms with Crippen molar-refractivity contribution in [1.29, 1.82) is 0 Å². The molecule has 0 spiro atoms. The number of nitrogens with zero attached hydrogens (tertiary/aromatic N) is 1. The van der Waals surface area contributed by atoms with Crippen LogP contribution in [-0.2, 0) is 6.42 Å². The molecule has 6 heteroatoms. The largest absolute Gasteiger partial charge is 0.494 e. The molecule has 0 radical (unpaired) electrons. The van der Waals surface area contributed by atoms with Crippen molar-refractivity contribution in [2.24, 2.45) is 0 Å². The van der Waals surface area contributed by atoms with Gasteiger partial charge in [-0.05, 0) is 37.5 Å². The zero-order valence-electron chi connectivity index (χ0n) is 12.7. The Labute approximate surface area is 124 Å². The van der Waals surface area contributed by atoms with Gasteiger partial charge in [-0.2, -0.15) is 0 Å². The molecule has 0 aromatic heterocycles. The zero-order valence-corrected chi connectivity index (χ0v) is 12.7. The second-order valence-corrected chi connectivity index (χ2v) is 5.01. The van der Waals surface area contributed by atoms with Gasteiger partial charge in [-0.25, -0.2) is 9.18 Å². The molecule has 0 aliphatic carbocycles. The average Bonchev–Trinajstić information content (AvgIpc) is 2.46. The van der Waals surface area contributed by atoms with Crippen LogP contribution in [0.4, 0.5) is 9.18 Å². The predicted octanol–water partition coefficient (Wildman–Crippen LogP) is 1.79. The van der Waals surface area contributed by atoms with Gasteiger partial charge in [-0.1, -0.05) is 6.07 Å². The molecular formula is C15H23FN2O3. The minimum atomic E-state index is -0.424. The molecule has 0 bridgehead atoms. The van der Waals surface area contributed by atoms with Crippen LogP contribution in [-0.4, -0.2) is 49.4 Å². The van der Waals surface area contributed by atoms with E-state index in [0.29, 0.717) is 25.9 Å². The van der Waals surface area contributed by atoms with Crippen molar-refractivity contribution in [2.75, 3.05) is 27.2 Å². The summed E-state index contributed by atoms with van der Waals surface area (Å²) in [5.41, 5.74) is 0.889. The van der Waals surface area contributed by atoms with Crippen LogP contribution in [0.25, 0.3) is 0 Å². The van der Waals surface area contributed by atoms with E-state index in [-0.39, 0.29) is 11.8 Å². The topological polar surface area (TPSA) is 61.8 Å². The highest BCUT2D eigenvalue weighted by atomic mass is 19.1. The quantitative estimate of drug-likeness (QED) is 0.807. The van der Waals surface area contributed by atoms with Crippen LogP contribution >= 0.6 is 0 Å². The third-order valence-electron chi connectivity index (χ3n) is 3.13. The fourth-order valence-electron chi connectivity index (χ4n) is 1.79. The summed E-state index contributed by atoms with van der Waals surface area (Å²) in [5.74, 6) is -0.198. The fourth-order valence-corrected chi connectivity index (χ4v) is 1.79. The summed E-state index contributed by atoms with van der Waals surface area (Å²) in [6, 6.07) is 4.45. The predicted molar refractivity (Wildman–Crippen MR) is 79.0 cm³/mol. The molecule has 5 nitrogen and oxygen atoms in total. The normalized spacial score (nSPS) is 11.9. The monoisotopic (exact) mass is 298 g/mol. The average molecular weight is 298 g/mol. The molecule has 118 valence electrons. The number of urea groups is 1. The minimum Gasteiger partial charge on any atom is -0.494 e. The molecule has 2 amide bonds. The molecule has 1 rings (SSSR count). The molecule has 1 aromatic carbocycles. The van der Waals surface area contributed by atoms with E-state index in [1.807, 2.05) is 0 Å². The van der Waals surface area contributed by atoms with Crippen LogP contribution < -0.4 is 10.1 Å². The lowest BCUT2D eigenvalue weighted by atomic mass is 10.1. The molecule has 1 aromatic rings. The number of aliphatic hydroxyl groups is 1. The smallest absolute Gasteiger partial charge is 0.317 e. The molecule has 21 heavy (non-hydrogen) atoms. The molecule has 0 aliphatic rings. The van der Waals surface area contributed by atoms with Gasteiger partial charge < -0.3 is 20.1 Å². The van der Waals surface area contributed by atoms with Crippen molar-refractivity contribution in [3.05, 3.63) is 29.6 Å². The Kier molecular flexibility index (Phi) is 6.94. The van der Waals surface area contributed by atoms with Gasteiger partial charge in [0.1, 0.15) is 0 Å². The lowest BCUT2D eigenvalue weighted by Crippen LogP contribution is -2.39. The van der Waals surface area contributed by atoms with E-state index in [9.17, 15) is 14.3 Å². The van der Waals surface area contributed by atoms with Crippen LogP contribution in [0.1, 0.15) is 18.9 Å². The van der Waals surface area contributed by atoms with Crippen molar-refractivity contribution >= 4 is 6.03 Å². The first-order valence-corrected chi connectivity index (χ1v) is 6.93. The van der Waals surface area contributed by atoms with Crippen LogP contribution in [0.15, 0.2) is 18.2 Å². The highest BCUT2D eigenvalue weighted by Crippen LogP contribution is 2.18. The maximum absolute atomic E-state index is 13.3. The van der Waals surface area contributed by atoms with Crippen LogP contribution in [0.3, 0.4) is 0 Å². The number of ether oxygens (including phenoxy) is 1. The Hall–Kier alpha value is -1.82. The molecule has 0 saturated carbocycles.